The van der Waals surface area contributed by atoms with Gasteiger partial charge in [-0.3, -0.25) is 19.2 Å². The Hall–Kier alpha value is -2.22. The Morgan fingerprint density at radius 1 is 0.860 bits per heavy atom. The van der Waals surface area contributed by atoms with Crippen LogP contribution in [0.1, 0.15) is 153 Å². The lowest BCUT2D eigenvalue weighted by atomic mass is 9.33. The molecule has 0 aromatic heterocycles. The van der Waals surface area contributed by atoms with Crippen LogP contribution in [0, 0.1) is 50.7 Å². The number of hydrogen-bond donors (Lipinski definition) is 2. The second-order valence-electron chi connectivity index (χ2n) is 20.2. The van der Waals surface area contributed by atoms with E-state index >= 15 is 0 Å². The topological polar surface area (TPSA) is 125 Å². The zero-order valence-corrected chi connectivity index (χ0v) is 33.0. The number of ether oxygens (including phenoxy) is 2. The Morgan fingerprint density at radius 2 is 1.54 bits per heavy atom. The van der Waals surface area contributed by atoms with Gasteiger partial charge in [-0.15, -0.1) is 0 Å². The number of esters is 2. The van der Waals surface area contributed by atoms with Crippen LogP contribution in [0.4, 0.5) is 0 Å². The molecule has 5 saturated carbocycles. The molecule has 10 atom stereocenters. The fraction of sp³-hybridized carbons (Fsp3) is 0.857. The highest BCUT2D eigenvalue weighted by Crippen LogP contribution is 2.76. The van der Waals surface area contributed by atoms with E-state index in [4.69, 9.17) is 15.2 Å². The second-order valence-corrected chi connectivity index (χ2v) is 20.2. The highest BCUT2D eigenvalue weighted by atomic mass is 16.6. The number of ketones is 1. The minimum absolute atomic E-state index is 0.0308. The van der Waals surface area contributed by atoms with E-state index in [1.54, 1.807) is 0 Å². The van der Waals surface area contributed by atoms with Gasteiger partial charge in [0.15, 0.2) is 11.2 Å². The molecule has 8 nitrogen and oxygen atoms in total. The number of carbonyl (C=O) groups is 4. The van der Waals surface area contributed by atoms with Crippen molar-refractivity contribution in [2.24, 2.45) is 56.5 Å². The van der Waals surface area contributed by atoms with Crippen molar-refractivity contribution in [3.8, 4) is 0 Å². The number of nitrogens with two attached hydrogens (primary N) is 1. The largest absolute Gasteiger partial charge is 0.462 e. The first kappa shape index (κ1) is 37.5. The van der Waals surface area contributed by atoms with Crippen LogP contribution in [0.15, 0.2) is 11.1 Å². The van der Waals surface area contributed by atoms with E-state index in [0.29, 0.717) is 37.5 Å². The molecule has 6 rings (SSSR count). The molecule has 0 aliphatic heterocycles. The van der Waals surface area contributed by atoms with Gasteiger partial charge >= 0.3 is 11.9 Å². The Morgan fingerprint density at radius 3 is 2.12 bits per heavy atom. The maximum absolute atomic E-state index is 14.7. The number of carbonyl (C=O) groups excluding carboxylic acids is 4. The van der Waals surface area contributed by atoms with Crippen LogP contribution >= 0.6 is 0 Å². The zero-order valence-electron chi connectivity index (χ0n) is 33.0. The standard InChI is InChI=1S/C42H66N2O6/c1-24(2)32-27(46)23-41(44-34(47)42(18-12-13-30(42)43)35(48)50-36(4,5)6)22-21-39(10)26(33(32)41)14-15-29-38(9)19-17-31(49-25(3)45)37(7,8)28(38)16-20-40(29,39)11/h24,26,28-31H,12-23,43H2,1-11H3,(H,44,47). The van der Waals surface area contributed by atoms with E-state index in [9.17, 15) is 19.2 Å². The third-order valence-corrected chi connectivity index (χ3v) is 15.9. The number of Topliss-reactive ketones (excluding diaryl/α,β-unsaturated/α-hetero) is 1. The zero-order chi connectivity index (χ0) is 37.0. The predicted molar refractivity (Wildman–Crippen MR) is 194 cm³/mol. The number of rotatable bonds is 5. The van der Waals surface area contributed by atoms with Gasteiger partial charge in [0.2, 0.25) is 5.91 Å². The quantitative estimate of drug-likeness (QED) is 0.224. The SMILES string of the molecule is CC(=O)OC1CCC2(C)C(CCC3(C)C2CCC2C4=C(C(C)C)C(=O)CC4(NC(=O)C4(C(=O)OC(C)(C)C)CCCC4N)CCC23C)C1(C)C. The summed E-state index contributed by atoms with van der Waals surface area (Å²) in [7, 11) is 0. The maximum atomic E-state index is 14.7. The Kier molecular flexibility index (Phi) is 8.93. The Bertz CT molecular complexity index is 1490. The first-order chi connectivity index (χ1) is 23.0. The Labute approximate surface area is 301 Å². The van der Waals surface area contributed by atoms with Crippen molar-refractivity contribution in [3.05, 3.63) is 11.1 Å². The molecule has 1 amide bonds. The summed E-state index contributed by atoms with van der Waals surface area (Å²) in [4.78, 5) is 54.8. The van der Waals surface area contributed by atoms with Gasteiger partial charge in [0.05, 0.1) is 5.54 Å². The molecule has 0 heterocycles. The Balaban J connectivity index is 1.37. The first-order valence-corrected chi connectivity index (χ1v) is 19.8. The number of amides is 1. The van der Waals surface area contributed by atoms with E-state index in [2.05, 4.69) is 53.8 Å². The van der Waals surface area contributed by atoms with Crippen LogP contribution in [0.25, 0.3) is 0 Å². The molecular weight excluding hydrogens is 628 g/mol. The predicted octanol–water partition coefficient (Wildman–Crippen LogP) is 7.61. The first-order valence-electron chi connectivity index (χ1n) is 19.8. The molecule has 10 unspecified atom stereocenters. The van der Waals surface area contributed by atoms with Gasteiger partial charge in [-0.1, -0.05) is 54.9 Å². The summed E-state index contributed by atoms with van der Waals surface area (Å²) in [5, 5.41) is 3.47. The minimum atomic E-state index is -1.47. The summed E-state index contributed by atoms with van der Waals surface area (Å²) in [6, 6.07) is -0.637. The fourth-order valence-corrected chi connectivity index (χ4v) is 13.5. The van der Waals surface area contributed by atoms with Gasteiger partial charge in [0, 0.05) is 24.8 Å². The van der Waals surface area contributed by atoms with Crippen molar-refractivity contribution in [2.75, 3.05) is 0 Å². The molecule has 50 heavy (non-hydrogen) atoms. The van der Waals surface area contributed by atoms with E-state index in [1.165, 1.54) is 6.92 Å². The fourth-order valence-electron chi connectivity index (χ4n) is 13.5. The summed E-state index contributed by atoms with van der Waals surface area (Å²) >= 11 is 0. The third-order valence-electron chi connectivity index (χ3n) is 15.9. The molecule has 0 bridgehead atoms. The third kappa shape index (κ3) is 5.21. The summed E-state index contributed by atoms with van der Waals surface area (Å²) in [6.45, 7) is 23.4. The molecule has 5 fully saturated rings. The summed E-state index contributed by atoms with van der Waals surface area (Å²) in [6.07, 6.45) is 9.53. The normalized spacial score (nSPS) is 43.8. The van der Waals surface area contributed by atoms with E-state index in [-0.39, 0.29) is 63.7 Å². The van der Waals surface area contributed by atoms with E-state index in [1.807, 2.05) is 20.8 Å². The molecule has 0 aromatic carbocycles. The van der Waals surface area contributed by atoms with Gasteiger partial charge in [-0.05, 0) is 136 Å². The van der Waals surface area contributed by atoms with E-state index in [0.717, 1.165) is 56.1 Å². The van der Waals surface area contributed by atoms with Gasteiger partial charge in [-0.25, -0.2) is 0 Å². The molecule has 6 aliphatic rings. The molecule has 0 saturated heterocycles. The van der Waals surface area contributed by atoms with Crippen molar-refractivity contribution in [1.29, 1.82) is 0 Å². The number of fused-ring (bicyclic) bond motifs is 7. The van der Waals surface area contributed by atoms with Gasteiger partial charge in [0.25, 0.3) is 0 Å². The van der Waals surface area contributed by atoms with Gasteiger partial charge < -0.3 is 20.5 Å². The molecule has 3 N–H and O–H groups in total. The van der Waals surface area contributed by atoms with Crippen LogP contribution in [0.3, 0.4) is 0 Å². The van der Waals surface area contributed by atoms with Crippen LogP contribution in [-0.2, 0) is 28.7 Å². The molecule has 280 valence electrons. The van der Waals surface area contributed by atoms with Crippen molar-refractivity contribution in [2.45, 2.75) is 176 Å². The lowest BCUT2D eigenvalue weighted by Gasteiger charge is -2.72. The highest BCUT2D eigenvalue weighted by Gasteiger charge is 2.71. The van der Waals surface area contributed by atoms with Crippen molar-refractivity contribution in [1.82, 2.24) is 5.32 Å². The smallest absolute Gasteiger partial charge is 0.323 e. The van der Waals surface area contributed by atoms with Gasteiger partial charge in [-0.2, -0.15) is 0 Å². The molecular formula is C42H66N2O6. The average molecular weight is 695 g/mol. The van der Waals surface area contributed by atoms with Crippen LogP contribution in [0.2, 0.25) is 0 Å². The van der Waals surface area contributed by atoms with Crippen LogP contribution in [-0.4, -0.2) is 46.9 Å². The van der Waals surface area contributed by atoms with E-state index < -0.39 is 28.6 Å². The lowest BCUT2D eigenvalue weighted by molar-refractivity contribution is -0.231. The monoisotopic (exact) mass is 694 g/mol. The summed E-state index contributed by atoms with van der Waals surface area (Å²) in [5.41, 5.74) is 5.63. The number of allylic oxidation sites excluding steroid dienone is 1. The van der Waals surface area contributed by atoms with Gasteiger partial charge in [0.1, 0.15) is 11.7 Å². The second kappa shape index (κ2) is 11.9. The molecule has 0 radical (unpaired) electrons. The maximum Gasteiger partial charge on any atom is 0.323 e. The number of hydrogen-bond acceptors (Lipinski definition) is 7. The molecule has 6 aliphatic carbocycles. The summed E-state index contributed by atoms with van der Waals surface area (Å²) < 4.78 is 11.8. The number of nitrogens with one attached hydrogen (secondary N) is 1. The average Bonchev–Trinajstić information content (AvgIpc) is 3.51. The van der Waals surface area contributed by atoms with Crippen LogP contribution < -0.4 is 11.1 Å². The van der Waals surface area contributed by atoms with Crippen LogP contribution in [0.5, 0.6) is 0 Å². The van der Waals surface area contributed by atoms with Crippen molar-refractivity contribution >= 4 is 23.6 Å². The molecule has 8 heteroatoms. The molecule has 0 spiro atoms. The summed E-state index contributed by atoms with van der Waals surface area (Å²) in [5.74, 6) is 0.169. The molecule has 0 aromatic rings. The minimum Gasteiger partial charge on any atom is -0.462 e. The highest BCUT2D eigenvalue weighted by molar-refractivity contribution is 6.07. The van der Waals surface area contributed by atoms with Crippen molar-refractivity contribution in [3.63, 3.8) is 0 Å². The van der Waals surface area contributed by atoms with Crippen molar-refractivity contribution < 1.29 is 28.7 Å². The lowest BCUT2D eigenvalue weighted by Crippen LogP contribution is -2.68.